The first-order chi connectivity index (χ1) is 7.86. The standard InChI is InChI=1S/C13H20N2O2/c1-13(2,3)11(8-16)15-12(17)9-6-4-5-7-10(9)14/h4-7,11,16H,8,14H2,1-3H3,(H,15,17)/t11-/m1/s1. The van der Waals surface area contributed by atoms with Crippen LogP contribution >= 0.6 is 0 Å². The summed E-state index contributed by atoms with van der Waals surface area (Å²) in [6.45, 7) is 5.79. The van der Waals surface area contributed by atoms with E-state index in [2.05, 4.69) is 5.32 Å². The fourth-order valence-electron chi connectivity index (χ4n) is 1.48. The number of benzene rings is 1. The summed E-state index contributed by atoms with van der Waals surface area (Å²) in [6, 6.07) is 6.59. The van der Waals surface area contributed by atoms with Gasteiger partial charge in [0.05, 0.1) is 18.2 Å². The highest BCUT2D eigenvalue weighted by atomic mass is 16.3. The second kappa shape index (κ2) is 5.19. The summed E-state index contributed by atoms with van der Waals surface area (Å²) >= 11 is 0. The molecule has 0 aliphatic heterocycles. The van der Waals surface area contributed by atoms with Crippen LogP contribution in [-0.2, 0) is 0 Å². The summed E-state index contributed by atoms with van der Waals surface area (Å²) in [5.41, 5.74) is 6.40. The zero-order valence-electron chi connectivity index (χ0n) is 10.5. The first-order valence-electron chi connectivity index (χ1n) is 5.62. The lowest BCUT2D eigenvalue weighted by Gasteiger charge is -2.29. The molecule has 17 heavy (non-hydrogen) atoms. The summed E-state index contributed by atoms with van der Waals surface area (Å²) in [7, 11) is 0. The highest BCUT2D eigenvalue weighted by Gasteiger charge is 2.26. The van der Waals surface area contributed by atoms with Gasteiger partial charge in [0.25, 0.3) is 5.91 Å². The van der Waals surface area contributed by atoms with E-state index in [0.29, 0.717) is 11.3 Å². The molecule has 0 spiro atoms. The van der Waals surface area contributed by atoms with Crippen molar-refractivity contribution in [1.29, 1.82) is 0 Å². The van der Waals surface area contributed by atoms with E-state index in [0.717, 1.165) is 0 Å². The van der Waals surface area contributed by atoms with Crippen molar-refractivity contribution in [1.82, 2.24) is 5.32 Å². The SMILES string of the molecule is CC(C)(C)[C@@H](CO)NC(=O)c1ccccc1N. The van der Waals surface area contributed by atoms with Crippen molar-refractivity contribution in [3.63, 3.8) is 0 Å². The molecule has 0 unspecified atom stereocenters. The molecule has 1 rings (SSSR count). The number of nitrogen functional groups attached to an aromatic ring is 1. The maximum atomic E-state index is 12.0. The fraction of sp³-hybridized carbons (Fsp3) is 0.462. The second-order valence-electron chi connectivity index (χ2n) is 5.16. The van der Waals surface area contributed by atoms with E-state index in [1.807, 2.05) is 20.8 Å². The Bertz CT molecular complexity index is 397. The van der Waals surface area contributed by atoms with Crippen molar-refractivity contribution in [2.45, 2.75) is 26.8 Å². The summed E-state index contributed by atoms with van der Waals surface area (Å²) < 4.78 is 0. The maximum Gasteiger partial charge on any atom is 0.253 e. The van der Waals surface area contributed by atoms with Crippen molar-refractivity contribution in [2.24, 2.45) is 5.41 Å². The molecule has 1 amide bonds. The molecule has 0 aromatic heterocycles. The van der Waals surface area contributed by atoms with Gasteiger partial charge in [-0.2, -0.15) is 0 Å². The summed E-state index contributed by atoms with van der Waals surface area (Å²) in [4.78, 5) is 12.0. The monoisotopic (exact) mass is 236 g/mol. The van der Waals surface area contributed by atoms with Gasteiger partial charge in [0, 0.05) is 5.69 Å². The number of para-hydroxylation sites is 1. The van der Waals surface area contributed by atoms with Gasteiger partial charge in [0.15, 0.2) is 0 Å². The highest BCUT2D eigenvalue weighted by Crippen LogP contribution is 2.20. The van der Waals surface area contributed by atoms with Gasteiger partial charge < -0.3 is 16.2 Å². The molecule has 0 heterocycles. The number of hydrogen-bond acceptors (Lipinski definition) is 3. The van der Waals surface area contributed by atoms with Crippen molar-refractivity contribution < 1.29 is 9.90 Å². The maximum absolute atomic E-state index is 12.0. The van der Waals surface area contributed by atoms with Gasteiger partial charge in [-0.05, 0) is 17.5 Å². The van der Waals surface area contributed by atoms with Crippen molar-refractivity contribution >= 4 is 11.6 Å². The number of aliphatic hydroxyl groups is 1. The molecule has 1 aromatic rings. The second-order valence-corrected chi connectivity index (χ2v) is 5.16. The zero-order valence-corrected chi connectivity index (χ0v) is 10.5. The molecule has 0 saturated heterocycles. The number of carbonyl (C=O) groups excluding carboxylic acids is 1. The molecule has 4 nitrogen and oxygen atoms in total. The van der Waals surface area contributed by atoms with Crippen LogP contribution in [-0.4, -0.2) is 23.7 Å². The molecule has 0 bridgehead atoms. The molecule has 0 fully saturated rings. The first kappa shape index (κ1) is 13.5. The quantitative estimate of drug-likeness (QED) is 0.694. The van der Waals surface area contributed by atoms with E-state index >= 15 is 0 Å². The predicted molar refractivity (Wildman–Crippen MR) is 68.6 cm³/mol. The number of nitrogens with two attached hydrogens (primary N) is 1. The molecule has 94 valence electrons. The van der Waals surface area contributed by atoms with Crippen molar-refractivity contribution in [3.05, 3.63) is 29.8 Å². The third-order valence-corrected chi connectivity index (χ3v) is 2.74. The molecule has 4 N–H and O–H groups in total. The molecule has 0 aliphatic rings. The number of hydrogen-bond donors (Lipinski definition) is 3. The van der Waals surface area contributed by atoms with Crippen molar-refractivity contribution in [2.75, 3.05) is 12.3 Å². The number of anilines is 1. The van der Waals surface area contributed by atoms with E-state index in [4.69, 9.17) is 5.73 Å². The number of carbonyl (C=O) groups is 1. The summed E-state index contributed by atoms with van der Waals surface area (Å²) in [5, 5.41) is 12.1. The van der Waals surface area contributed by atoms with Gasteiger partial charge in [-0.15, -0.1) is 0 Å². The van der Waals surface area contributed by atoms with Crippen LogP contribution in [0.25, 0.3) is 0 Å². The molecular weight excluding hydrogens is 216 g/mol. The van der Waals surface area contributed by atoms with Crippen LogP contribution in [0, 0.1) is 5.41 Å². The van der Waals surface area contributed by atoms with E-state index < -0.39 is 0 Å². The van der Waals surface area contributed by atoms with Gasteiger partial charge in [-0.3, -0.25) is 4.79 Å². The Morgan fingerprint density at radius 1 is 1.41 bits per heavy atom. The van der Waals surface area contributed by atoms with E-state index in [9.17, 15) is 9.90 Å². The first-order valence-corrected chi connectivity index (χ1v) is 5.62. The van der Waals surface area contributed by atoms with Gasteiger partial charge in [0.1, 0.15) is 0 Å². The average Bonchev–Trinajstić information content (AvgIpc) is 2.24. The Kier molecular flexibility index (Phi) is 4.12. The van der Waals surface area contributed by atoms with Gasteiger partial charge >= 0.3 is 0 Å². The topological polar surface area (TPSA) is 75.3 Å². The third-order valence-electron chi connectivity index (χ3n) is 2.74. The van der Waals surface area contributed by atoms with Gasteiger partial charge in [0.2, 0.25) is 0 Å². The summed E-state index contributed by atoms with van der Waals surface area (Å²) in [6.07, 6.45) is 0. The van der Waals surface area contributed by atoms with Crippen LogP contribution in [0.3, 0.4) is 0 Å². The highest BCUT2D eigenvalue weighted by molar-refractivity contribution is 5.99. The van der Waals surface area contributed by atoms with Gasteiger partial charge in [-0.1, -0.05) is 32.9 Å². The molecule has 0 saturated carbocycles. The van der Waals surface area contributed by atoms with Crippen LogP contribution in [0.1, 0.15) is 31.1 Å². The number of nitrogens with one attached hydrogen (secondary N) is 1. The Morgan fingerprint density at radius 3 is 2.47 bits per heavy atom. The number of aliphatic hydroxyl groups excluding tert-OH is 1. The van der Waals surface area contributed by atoms with Gasteiger partial charge in [-0.25, -0.2) is 0 Å². The third kappa shape index (κ3) is 3.46. The molecular formula is C13H20N2O2. The van der Waals surface area contributed by atoms with Crippen LogP contribution < -0.4 is 11.1 Å². The van der Waals surface area contributed by atoms with Crippen LogP contribution in [0.15, 0.2) is 24.3 Å². The molecule has 1 aromatic carbocycles. The average molecular weight is 236 g/mol. The lowest BCUT2D eigenvalue weighted by Crippen LogP contribution is -2.46. The zero-order chi connectivity index (χ0) is 13.1. The lowest BCUT2D eigenvalue weighted by molar-refractivity contribution is 0.0849. The van der Waals surface area contributed by atoms with E-state index in [1.165, 1.54) is 0 Å². The lowest BCUT2D eigenvalue weighted by atomic mass is 9.87. The summed E-state index contributed by atoms with van der Waals surface area (Å²) in [5.74, 6) is -0.253. The van der Waals surface area contributed by atoms with Crippen molar-refractivity contribution in [3.8, 4) is 0 Å². The van der Waals surface area contributed by atoms with E-state index in [-0.39, 0.29) is 24.0 Å². The largest absolute Gasteiger partial charge is 0.398 e. The molecule has 0 aliphatic carbocycles. The smallest absolute Gasteiger partial charge is 0.253 e. The van der Waals surface area contributed by atoms with Crippen LogP contribution in [0.4, 0.5) is 5.69 Å². The minimum atomic E-state index is -0.297. The molecule has 0 radical (unpaired) electrons. The number of amides is 1. The minimum absolute atomic E-state index is 0.0953. The Hall–Kier alpha value is -1.55. The molecule has 4 heteroatoms. The van der Waals surface area contributed by atoms with E-state index in [1.54, 1.807) is 24.3 Å². The number of rotatable bonds is 3. The minimum Gasteiger partial charge on any atom is -0.398 e. The normalized spacial score (nSPS) is 13.2. The van der Waals surface area contributed by atoms with Crippen LogP contribution in [0.5, 0.6) is 0 Å². The Morgan fingerprint density at radius 2 is 2.00 bits per heavy atom. The predicted octanol–water partition coefficient (Wildman–Crippen LogP) is 1.41. The molecule has 1 atom stereocenters. The Labute approximate surface area is 102 Å². The Balaban J connectivity index is 2.83. The fourth-order valence-corrected chi connectivity index (χ4v) is 1.48. The van der Waals surface area contributed by atoms with Crippen LogP contribution in [0.2, 0.25) is 0 Å².